The molecular formula is C10H16F3NO2. The van der Waals surface area contributed by atoms with Crippen LogP contribution in [0.3, 0.4) is 0 Å². The van der Waals surface area contributed by atoms with Gasteiger partial charge in [-0.1, -0.05) is 13.3 Å². The van der Waals surface area contributed by atoms with Crippen LogP contribution >= 0.6 is 0 Å². The van der Waals surface area contributed by atoms with Gasteiger partial charge in [0.2, 0.25) is 0 Å². The Morgan fingerprint density at radius 3 is 2.44 bits per heavy atom. The summed E-state index contributed by atoms with van der Waals surface area (Å²) in [6.07, 6.45) is -2.73. The van der Waals surface area contributed by atoms with Gasteiger partial charge in [0.05, 0.1) is 12.7 Å². The molecule has 0 unspecified atom stereocenters. The summed E-state index contributed by atoms with van der Waals surface area (Å²) in [5, 5.41) is 2.19. The molecule has 0 saturated heterocycles. The Morgan fingerprint density at radius 1 is 1.38 bits per heavy atom. The molecule has 0 aromatic carbocycles. The first-order valence-corrected chi connectivity index (χ1v) is 5.11. The number of nitrogens with one attached hydrogen (secondary N) is 1. The summed E-state index contributed by atoms with van der Waals surface area (Å²) < 4.78 is 41.6. The van der Waals surface area contributed by atoms with Crippen LogP contribution in [-0.2, 0) is 9.53 Å². The normalized spacial score (nSPS) is 12.4. The molecule has 0 aliphatic heterocycles. The van der Waals surface area contributed by atoms with E-state index in [0.29, 0.717) is 12.5 Å². The molecule has 0 bridgehead atoms. The van der Waals surface area contributed by atoms with E-state index in [2.05, 4.69) is 10.1 Å². The van der Waals surface area contributed by atoms with Crippen LogP contribution in [0.2, 0.25) is 0 Å². The smallest absolute Gasteiger partial charge is 0.431 e. The van der Waals surface area contributed by atoms with Gasteiger partial charge in [-0.2, -0.15) is 13.2 Å². The maximum Gasteiger partial charge on any atom is 0.431 e. The molecule has 0 spiro atoms. The van der Waals surface area contributed by atoms with Crippen molar-refractivity contribution in [3.8, 4) is 0 Å². The molecule has 0 heterocycles. The second kappa shape index (κ2) is 7.14. The van der Waals surface area contributed by atoms with Gasteiger partial charge in [-0.15, -0.1) is 0 Å². The van der Waals surface area contributed by atoms with Crippen molar-refractivity contribution < 1.29 is 22.7 Å². The van der Waals surface area contributed by atoms with Gasteiger partial charge >= 0.3 is 12.1 Å². The van der Waals surface area contributed by atoms with Gasteiger partial charge in [-0.25, -0.2) is 4.79 Å². The number of ether oxygens (including phenoxy) is 1. The minimum Gasteiger partial charge on any atom is -0.463 e. The molecule has 94 valence electrons. The third-order valence-corrected chi connectivity index (χ3v) is 1.70. The molecule has 1 N–H and O–H groups in total. The zero-order chi connectivity index (χ0) is 12.6. The van der Waals surface area contributed by atoms with Crippen molar-refractivity contribution in [3.63, 3.8) is 0 Å². The number of carbonyl (C=O) groups excluding carboxylic acids is 1. The molecule has 16 heavy (non-hydrogen) atoms. The molecule has 0 aliphatic rings. The van der Waals surface area contributed by atoms with E-state index in [0.717, 1.165) is 6.42 Å². The summed E-state index contributed by atoms with van der Waals surface area (Å²) in [7, 11) is 0. The van der Waals surface area contributed by atoms with Crippen LogP contribution in [0.4, 0.5) is 13.2 Å². The highest BCUT2D eigenvalue weighted by atomic mass is 19.4. The van der Waals surface area contributed by atoms with Crippen LogP contribution in [0.1, 0.15) is 26.7 Å². The van der Waals surface area contributed by atoms with Crippen LogP contribution in [0.5, 0.6) is 0 Å². The third-order valence-electron chi connectivity index (χ3n) is 1.70. The van der Waals surface area contributed by atoms with Crippen molar-refractivity contribution in [3.05, 3.63) is 11.8 Å². The second-order valence-corrected chi connectivity index (χ2v) is 3.09. The van der Waals surface area contributed by atoms with Gasteiger partial charge in [0.25, 0.3) is 0 Å². The molecule has 0 aromatic heterocycles. The fourth-order valence-corrected chi connectivity index (χ4v) is 0.935. The molecule has 0 rings (SSSR count). The van der Waals surface area contributed by atoms with Crippen molar-refractivity contribution in [2.45, 2.75) is 32.9 Å². The molecule has 0 saturated carbocycles. The number of halogens is 3. The Hall–Kier alpha value is -1.20. The van der Waals surface area contributed by atoms with Gasteiger partial charge in [-0.3, -0.25) is 0 Å². The Kier molecular flexibility index (Phi) is 6.60. The second-order valence-electron chi connectivity index (χ2n) is 3.09. The quantitative estimate of drug-likeness (QED) is 0.439. The van der Waals surface area contributed by atoms with Crippen molar-refractivity contribution in [1.29, 1.82) is 0 Å². The fourth-order valence-electron chi connectivity index (χ4n) is 0.935. The van der Waals surface area contributed by atoms with Crippen LogP contribution in [0.15, 0.2) is 11.8 Å². The Morgan fingerprint density at radius 2 is 2.00 bits per heavy atom. The van der Waals surface area contributed by atoms with Gasteiger partial charge < -0.3 is 10.1 Å². The fraction of sp³-hybridized carbons (Fsp3) is 0.700. The largest absolute Gasteiger partial charge is 0.463 e. The molecule has 6 heteroatoms. The SMILES string of the molecule is CCCCN/C(=C/C(=O)OCC)C(F)(F)F. The predicted octanol–water partition coefficient (Wildman–Crippen LogP) is 2.39. The number of hydrogen-bond donors (Lipinski definition) is 1. The van der Waals surface area contributed by atoms with E-state index in [1.807, 2.05) is 6.92 Å². The number of hydrogen-bond acceptors (Lipinski definition) is 3. The first kappa shape index (κ1) is 14.8. The molecule has 0 atom stereocenters. The Labute approximate surface area is 92.7 Å². The van der Waals surface area contributed by atoms with Crippen LogP contribution in [-0.4, -0.2) is 25.3 Å². The van der Waals surface area contributed by atoms with E-state index in [1.54, 1.807) is 0 Å². The summed E-state index contributed by atoms with van der Waals surface area (Å²) >= 11 is 0. The van der Waals surface area contributed by atoms with Gasteiger partial charge in [0, 0.05) is 6.54 Å². The van der Waals surface area contributed by atoms with Crippen LogP contribution < -0.4 is 5.32 Å². The van der Waals surface area contributed by atoms with Crippen molar-refractivity contribution in [1.82, 2.24) is 5.32 Å². The van der Waals surface area contributed by atoms with Crippen molar-refractivity contribution >= 4 is 5.97 Å². The molecular weight excluding hydrogens is 223 g/mol. The number of carbonyl (C=O) groups is 1. The predicted molar refractivity (Wildman–Crippen MR) is 53.7 cm³/mol. The molecule has 0 aliphatic carbocycles. The average Bonchev–Trinajstić information content (AvgIpc) is 2.15. The zero-order valence-corrected chi connectivity index (χ0v) is 9.36. The summed E-state index contributed by atoms with van der Waals surface area (Å²) in [6.45, 7) is 3.63. The van der Waals surface area contributed by atoms with Gasteiger partial charge in [0.15, 0.2) is 0 Å². The monoisotopic (exact) mass is 239 g/mol. The first-order chi connectivity index (χ1) is 7.41. The third kappa shape index (κ3) is 6.31. The van der Waals surface area contributed by atoms with Crippen molar-refractivity contribution in [2.24, 2.45) is 0 Å². The summed E-state index contributed by atoms with van der Waals surface area (Å²) in [4.78, 5) is 10.9. The summed E-state index contributed by atoms with van der Waals surface area (Å²) in [6, 6.07) is 0. The number of esters is 1. The summed E-state index contributed by atoms with van der Waals surface area (Å²) in [5.74, 6) is -0.987. The number of allylic oxidation sites excluding steroid dienone is 1. The highest BCUT2D eigenvalue weighted by Crippen LogP contribution is 2.23. The molecule has 3 nitrogen and oxygen atoms in total. The van der Waals surface area contributed by atoms with E-state index in [9.17, 15) is 18.0 Å². The number of alkyl halides is 3. The van der Waals surface area contributed by atoms with Crippen LogP contribution in [0, 0.1) is 0 Å². The number of unbranched alkanes of at least 4 members (excludes halogenated alkanes) is 1. The Balaban J connectivity index is 4.48. The molecule has 0 aromatic rings. The minimum absolute atomic E-state index is 0.0510. The molecule has 0 radical (unpaired) electrons. The van der Waals surface area contributed by atoms with E-state index >= 15 is 0 Å². The maximum atomic E-state index is 12.4. The van der Waals surface area contributed by atoms with E-state index < -0.39 is 17.8 Å². The molecule has 0 fully saturated rings. The lowest BCUT2D eigenvalue weighted by atomic mass is 10.3. The first-order valence-electron chi connectivity index (χ1n) is 5.11. The summed E-state index contributed by atoms with van der Waals surface area (Å²) in [5.41, 5.74) is -1.06. The van der Waals surface area contributed by atoms with E-state index in [1.165, 1.54) is 6.92 Å². The van der Waals surface area contributed by atoms with E-state index in [4.69, 9.17) is 0 Å². The standard InChI is InChI=1S/C10H16F3NO2/c1-3-5-6-14-8(10(11,12)13)7-9(15)16-4-2/h7,14H,3-6H2,1-2H3/b8-7+. The lowest BCUT2D eigenvalue weighted by Crippen LogP contribution is -2.28. The average molecular weight is 239 g/mol. The van der Waals surface area contributed by atoms with Crippen molar-refractivity contribution in [2.75, 3.05) is 13.2 Å². The number of rotatable bonds is 6. The highest BCUT2D eigenvalue weighted by Gasteiger charge is 2.34. The lowest BCUT2D eigenvalue weighted by molar-refractivity contribution is -0.138. The maximum absolute atomic E-state index is 12.4. The van der Waals surface area contributed by atoms with Gasteiger partial charge in [-0.05, 0) is 13.3 Å². The highest BCUT2D eigenvalue weighted by molar-refractivity contribution is 5.82. The van der Waals surface area contributed by atoms with Gasteiger partial charge in [0.1, 0.15) is 5.70 Å². The minimum atomic E-state index is -4.56. The van der Waals surface area contributed by atoms with Crippen LogP contribution in [0.25, 0.3) is 0 Å². The lowest BCUT2D eigenvalue weighted by Gasteiger charge is -2.13. The Bertz CT molecular complexity index is 249. The molecule has 0 amide bonds. The topological polar surface area (TPSA) is 38.3 Å². The zero-order valence-electron chi connectivity index (χ0n) is 9.36. The van der Waals surface area contributed by atoms with E-state index in [-0.39, 0.29) is 13.2 Å².